The van der Waals surface area contributed by atoms with E-state index >= 15 is 0 Å². The first kappa shape index (κ1) is 15.4. The van der Waals surface area contributed by atoms with Crippen molar-refractivity contribution in [3.05, 3.63) is 0 Å². The van der Waals surface area contributed by atoms with Crippen molar-refractivity contribution in [2.45, 2.75) is 40.2 Å². The number of primary amides is 1. The first-order valence-corrected chi connectivity index (χ1v) is 5.50. The molecule has 0 aromatic rings. The number of rotatable bonds is 6. The first-order chi connectivity index (χ1) is 7.79. The number of hydrogen-bond donors (Lipinski definition) is 2. The lowest BCUT2D eigenvalue weighted by atomic mass is 10.0. The fourth-order valence-corrected chi connectivity index (χ4v) is 1.28. The van der Waals surface area contributed by atoms with E-state index in [1.807, 2.05) is 13.8 Å². The van der Waals surface area contributed by atoms with Gasteiger partial charge in [-0.2, -0.15) is 0 Å². The van der Waals surface area contributed by atoms with Gasteiger partial charge in [0.25, 0.3) is 5.91 Å². The van der Waals surface area contributed by atoms with Crippen LogP contribution in [0.1, 0.15) is 34.1 Å². The lowest BCUT2D eigenvalue weighted by molar-refractivity contribution is -0.148. The van der Waals surface area contributed by atoms with Gasteiger partial charge in [0, 0.05) is 6.42 Å². The number of esters is 1. The second-order valence-electron chi connectivity index (χ2n) is 4.60. The average Bonchev–Trinajstić information content (AvgIpc) is 2.15. The van der Waals surface area contributed by atoms with Crippen LogP contribution in [-0.2, 0) is 14.3 Å². The van der Waals surface area contributed by atoms with Crippen LogP contribution in [-0.4, -0.2) is 28.9 Å². The Labute approximate surface area is 101 Å². The molecule has 0 saturated heterocycles. The molecule has 3 N–H and O–H groups in total. The van der Waals surface area contributed by atoms with E-state index in [4.69, 9.17) is 15.7 Å². The van der Waals surface area contributed by atoms with Crippen LogP contribution in [0, 0.1) is 11.8 Å². The van der Waals surface area contributed by atoms with Crippen LogP contribution in [0.2, 0.25) is 0 Å². The van der Waals surface area contributed by atoms with E-state index in [1.165, 1.54) is 0 Å². The average molecular weight is 244 g/mol. The normalized spacial score (nSPS) is 13.9. The Hall–Kier alpha value is -1.59. The molecule has 6 heteroatoms. The Balaban J connectivity index is 4.77. The van der Waals surface area contributed by atoms with Gasteiger partial charge in [-0.05, 0) is 11.8 Å². The third-order valence-electron chi connectivity index (χ3n) is 2.07. The van der Waals surface area contributed by atoms with Gasteiger partial charge in [0.05, 0.1) is 0 Å². The van der Waals surface area contributed by atoms with E-state index < -0.39 is 18.0 Å². The van der Waals surface area contributed by atoms with Gasteiger partial charge in [0.2, 0.25) is 0 Å². The van der Waals surface area contributed by atoms with E-state index in [1.54, 1.807) is 13.8 Å². The molecule has 0 aliphatic carbocycles. The minimum Gasteiger partial charge on any atom is -0.455 e. The van der Waals surface area contributed by atoms with Crippen molar-refractivity contribution in [2.24, 2.45) is 22.7 Å². The summed E-state index contributed by atoms with van der Waals surface area (Å²) in [6, 6.07) is 0. The molecular formula is C11H20N2O4. The molecule has 17 heavy (non-hydrogen) atoms. The maximum absolute atomic E-state index is 11.5. The summed E-state index contributed by atoms with van der Waals surface area (Å²) in [4.78, 5) is 22.5. The van der Waals surface area contributed by atoms with Crippen molar-refractivity contribution in [3.63, 3.8) is 0 Å². The Morgan fingerprint density at radius 1 is 1.29 bits per heavy atom. The summed E-state index contributed by atoms with van der Waals surface area (Å²) in [6.45, 7) is 7.23. The molecule has 0 radical (unpaired) electrons. The van der Waals surface area contributed by atoms with Gasteiger partial charge in [-0.1, -0.05) is 32.9 Å². The highest BCUT2D eigenvalue weighted by atomic mass is 16.5. The maximum Gasteiger partial charge on any atom is 0.306 e. The second kappa shape index (κ2) is 6.88. The molecule has 1 amide bonds. The molecule has 0 saturated carbocycles. The Bertz CT molecular complexity index is 311. The van der Waals surface area contributed by atoms with Crippen molar-refractivity contribution in [1.29, 1.82) is 0 Å². The van der Waals surface area contributed by atoms with Gasteiger partial charge in [0.15, 0.2) is 11.8 Å². The molecule has 0 aliphatic rings. The predicted octanol–water partition coefficient (Wildman–Crippen LogP) is 0.916. The first-order valence-electron chi connectivity index (χ1n) is 5.50. The number of oxime groups is 1. The summed E-state index contributed by atoms with van der Waals surface area (Å²) in [5, 5.41) is 11.5. The lowest BCUT2D eigenvalue weighted by Gasteiger charge is -2.21. The number of ether oxygens (including phenoxy) is 1. The molecule has 0 aromatic heterocycles. The Kier molecular flexibility index (Phi) is 6.23. The molecular weight excluding hydrogens is 224 g/mol. The van der Waals surface area contributed by atoms with E-state index in [0.29, 0.717) is 0 Å². The summed E-state index contributed by atoms with van der Waals surface area (Å²) < 4.78 is 5.11. The molecule has 6 nitrogen and oxygen atoms in total. The van der Waals surface area contributed by atoms with Gasteiger partial charge in [-0.25, -0.2) is 0 Å². The van der Waals surface area contributed by atoms with E-state index in [0.717, 1.165) is 0 Å². The fourth-order valence-electron chi connectivity index (χ4n) is 1.28. The molecule has 0 bridgehead atoms. The van der Waals surface area contributed by atoms with Crippen molar-refractivity contribution in [2.75, 3.05) is 0 Å². The quantitative estimate of drug-likeness (QED) is 0.314. The van der Waals surface area contributed by atoms with Gasteiger partial charge < -0.3 is 15.7 Å². The summed E-state index contributed by atoms with van der Waals surface area (Å²) in [5.74, 6) is -1.40. The third-order valence-corrected chi connectivity index (χ3v) is 2.07. The molecule has 0 heterocycles. The van der Waals surface area contributed by atoms with Crippen LogP contribution in [0.15, 0.2) is 5.16 Å². The summed E-state index contributed by atoms with van der Waals surface area (Å²) >= 11 is 0. The number of nitrogens with zero attached hydrogens (tertiary/aromatic N) is 1. The number of hydrogen-bond acceptors (Lipinski definition) is 5. The highest BCUT2D eigenvalue weighted by Gasteiger charge is 2.28. The van der Waals surface area contributed by atoms with E-state index in [9.17, 15) is 9.59 Å². The zero-order valence-electron chi connectivity index (χ0n) is 10.6. The zero-order chi connectivity index (χ0) is 13.6. The Morgan fingerprint density at radius 2 is 1.82 bits per heavy atom. The van der Waals surface area contributed by atoms with Crippen LogP contribution in [0.3, 0.4) is 0 Å². The maximum atomic E-state index is 11.5. The summed E-state index contributed by atoms with van der Waals surface area (Å²) in [6.07, 6.45) is -0.676. The van der Waals surface area contributed by atoms with Crippen LogP contribution in [0.5, 0.6) is 0 Å². The van der Waals surface area contributed by atoms with Crippen LogP contribution < -0.4 is 5.73 Å². The van der Waals surface area contributed by atoms with Crippen LogP contribution in [0.4, 0.5) is 0 Å². The monoisotopic (exact) mass is 244 g/mol. The van der Waals surface area contributed by atoms with Crippen molar-refractivity contribution in [1.82, 2.24) is 0 Å². The lowest BCUT2D eigenvalue weighted by Crippen LogP contribution is -2.40. The molecule has 1 unspecified atom stereocenters. The molecule has 0 aromatic carbocycles. The number of carbonyl (C=O) groups is 2. The fraction of sp³-hybridized carbons (Fsp3) is 0.727. The van der Waals surface area contributed by atoms with Crippen molar-refractivity contribution in [3.8, 4) is 0 Å². The Morgan fingerprint density at radius 3 is 2.12 bits per heavy atom. The number of amides is 1. The molecule has 0 fully saturated rings. The highest BCUT2D eigenvalue weighted by Crippen LogP contribution is 2.12. The van der Waals surface area contributed by atoms with Crippen molar-refractivity contribution < 1.29 is 19.5 Å². The van der Waals surface area contributed by atoms with Gasteiger partial charge in [-0.15, -0.1) is 0 Å². The third kappa shape index (κ3) is 5.33. The number of nitrogens with two attached hydrogens (primary N) is 1. The molecule has 98 valence electrons. The molecule has 1 atom stereocenters. The predicted molar refractivity (Wildman–Crippen MR) is 62.6 cm³/mol. The van der Waals surface area contributed by atoms with Gasteiger partial charge >= 0.3 is 5.97 Å². The van der Waals surface area contributed by atoms with Crippen LogP contribution >= 0.6 is 0 Å². The zero-order valence-corrected chi connectivity index (χ0v) is 10.6. The smallest absolute Gasteiger partial charge is 0.306 e. The van der Waals surface area contributed by atoms with Crippen LogP contribution in [0.25, 0.3) is 0 Å². The van der Waals surface area contributed by atoms with Crippen molar-refractivity contribution >= 4 is 17.6 Å². The minimum atomic E-state index is -0.913. The summed E-state index contributed by atoms with van der Waals surface area (Å²) in [5.41, 5.74) is 4.71. The molecule has 0 aliphatic heterocycles. The largest absolute Gasteiger partial charge is 0.455 e. The van der Waals surface area contributed by atoms with E-state index in [2.05, 4.69) is 5.16 Å². The molecule has 0 spiro atoms. The van der Waals surface area contributed by atoms with E-state index in [-0.39, 0.29) is 24.0 Å². The van der Waals surface area contributed by atoms with Gasteiger partial charge in [-0.3, -0.25) is 9.59 Å². The standard InChI is InChI=1S/C11H20N2O4/c1-6(2)5-8(14)17-10(7(3)4)9(13-16)11(12)15/h6-7,10,16H,5H2,1-4H3,(H2,12,15)/b13-9-. The number of carbonyl (C=O) groups excluding carboxylic acids is 2. The minimum absolute atomic E-state index is 0.151. The second-order valence-corrected chi connectivity index (χ2v) is 4.60. The summed E-state index contributed by atoms with van der Waals surface area (Å²) in [7, 11) is 0. The topological polar surface area (TPSA) is 102 Å². The molecule has 0 rings (SSSR count). The highest BCUT2D eigenvalue weighted by molar-refractivity contribution is 6.40. The SMILES string of the molecule is CC(C)CC(=O)OC(/C(=N/O)C(N)=O)C(C)C. The van der Waals surface area contributed by atoms with Gasteiger partial charge in [0.1, 0.15) is 0 Å².